The highest BCUT2D eigenvalue weighted by atomic mass is 127. The van der Waals surface area contributed by atoms with E-state index < -0.39 is 0 Å². The summed E-state index contributed by atoms with van der Waals surface area (Å²) >= 11 is 0. The third-order valence-corrected chi connectivity index (χ3v) is 2.27. The number of likely N-dealkylation sites (N-methyl/N-ethyl adjacent to an activating group) is 1. The van der Waals surface area contributed by atoms with Gasteiger partial charge >= 0.3 is 0 Å². The molecule has 5 nitrogen and oxygen atoms in total. The van der Waals surface area contributed by atoms with Gasteiger partial charge in [-0.2, -0.15) is 0 Å². The molecule has 0 aromatic rings. The van der Waals surface area contributed by atoms with Crippen molar-refractivity contribution in [1.82, 2.24) is 15.5 Å². The van der Waals surface area contributed by atoms with Gasteiger partial charge in [0.2, 0.25) is 5.91 Å². The number of guanidine groups is 1. The van der Waals surface area contributed by atoms with E-state index in [1.54, 1.807) is 0 Å². The Morgan fingerprint density at radius 3 is 2.81 bits per heavy atom. The third kappa shape index (κ3) is 5.53. The van der Waals surface area contributed by atoms with Crippen molar-refractivity contribution in [3.63, 3.8) is 0 Å². The van der Waals surface area contributed by atoms with E-state index in [0.717, 1.165) is 32.0 Å². The molecule has 1 aliphatic heterocycles. The van der Waals surface area contributed by atoms with Gasteiger partial charge in [0.25, 0.3) is 0 Å². The van der Waals surface area contributed by atoms with E-state index in [2.05, 4.69) is 20.5 Å². The first kappa shape index (κ1) is 15.5. The minimum Gasteiger partial charge on any atom is -0.356 e. The lowest BCUT2D eigenvalue weighted by molar-refractivity contribution is -0.120. The van der Waals surface area contributed by atoms with E-state index in [0.29, 0.717) is 13.0 Å². The molecule has 0 fully saturated rings. The van der Waals surface area contributed by atoms with Crippen molar-refractivity contribution in [3.8, 4) is 0 Å². The molecule has 1 heterocycles. The van der Waals surface area contributed by atoms with Crippen molar-refractivity contribution in [2.24, 2.45) is 4.99 Å². The molecule has 1 amide bonds. The number of nitrogens with zero attached hydrogens (tertiary/aromatic N) is 2. The zero-order valence-electron chi connectivity index (χ0n) is 9.95. The Labute approximate surface area is 114 Å². The molecule has 0 aliphatic carbocycles. The molecule has 0 saturated carbocycles. The Morgan fingerprint density at radius 1 is 1.50 bits per heavy atom. The number of hydrogen-bond donors (Lipinski definition) is 2. The van der Waals surface area contributed by atoms with Gasteiger partial charge in [-0.1, -0.05) is 6.92 Å². The van der Waals surface area contributed by atoms with Gasteiger partial charge in [0.05, 0.1) is 6.54 Å². The minimum atomic E-state index is 0. The van der Waals surface area contributed by atoms with Crippen molar-refractivity contribution in [3.05, 3.63) is 0 Å². The summed E-state index contributed by atoms with van der Waals surface area (Å²) < 4.78 is 0. The van der Waals surface area contributed by atoms with Crippen molar-refractivity contribution < 1.29 is 4.79 Å². The summed E-state index contributed by atoms with van der Waals surface area (Å²) in [4.78, 5) is 17.6. The second-order valence-electron chi connectivity index (χ2n) is 3.65. The average Bonchev–Trinajstić information content (AvgIpc) is 2.61. The van der Waals surface area contributed by atoms with Crippen molar-refractivity contribution in [2.45, 2.75) is 19.8 Å². The standard InChI is InChI=1S/C10H20N4O.HI/c1-3-5-11-9(15)4-6-12-10-13-7-8-14(10)2;/h3-8H2,1-2H3,(H,11,15)(H,12,13);1H. The van der Waals surface area contributed by atoms with Crippen LogP contribution in [0.1, 0.15) is 19.8 Å². The van der Waals surface area contributed by atoms with E-state index in [4.69, 9.17) is 0 Å². The maximum absolute atomic E-state index is 11.3. The van der Waals surface area contributed by atoms with Gasteiger partial charge in [-0.05, 0) is 6.42 Å². The van der Waals surface area contributed by atoms with Crippen LogP contribution in [-0.4, -0.2) is 50.0 Å². The van der Waals surface area contributed by atoms with E-state index >= 15 is 0 Å². The fraction of sp³-hybridized carbons (Fsp3) is 0.800. The first-order valence-electron chi connectivity index (χ1n) is 5.50. The zero-order valence-corrected chi connectivity index (χ0v) is 12.3. The molecule has 1 aliphatic rings. The van der Waals surface area contributed by atoms with Crippen LogP contribution >= 0.6 is 24.0 Å². The Kier molecular flexibility index (Phi) is 8.32. The van der Waals surface area contributed by atoms with Crippen LogP contribution in [0.2, 0.25) is 0 Å². The van der Waals surface area contributed by atoms with Crippen LogP contribution in [0.3, 0.4) is 0 Å². The van der Waals surface area contributed by atoms with Crippen molar-refractivity contribution in [1.29, 1.82) is 0 Å². The molecule has 0 atom stereocenters. The molecule has 94 valence electrons. The van der Waals surface area contributed by atoms with Crippen LogP contribution in [0.5, 0.6) is 0 Å². The molecule has 6 heteroatoms. The van der Waals surface area contributed by atoms with Gasteiger partial charge < -0.3 is 15.5 Å². The van der Waals surface area contributed by atoms with Crippen LogP contribution in [-0.2, 0) is 4.79 Å². The predicted molar refractivity (Wildman–Crippen MR) is 76.3 cm³/mol. The van der Waals surface area contributed by atoms with E-state index in [9.17, 15) is 4.79 Å². The van der Waals surface area contributed by atoms with E-state index in [1.165, 1.54) is 0 Å². The first-order chi connectivity index (χ1) is 7.24. The summed E-state index contributed by atoms with van der Waals surface area (Å²) in [7, 11) is 2.00. The summed E-state index contributed by atoms with van der Waals surface area (Å²) in [5.41, 5.74) is 0. The Balaban J connectivity index is 0.00000225. The van der Waals surface area contributed by atoms with Crippen LogP contribution in [0.15, 0.2) is 4.99 Å². The fourth-order valence-electron chi connectivity index (χ4n) is 1.36. The molecule has 0 aromatic carbocycles. The number of amides is 1. The number of carbonyl (C=O) groups excluding carboxylic acids is 1. The fourth-order valence-corrected chi connectivity index (χ4v) is 1.36. The molecule has 0 bridgehead atoms. The maximum Gasteiger partial charge on any atom is 0.221 e. The van der Waals surface area contributed by atoms with E-state index in [1.807, 2.05) is 14.0 Å². The molecule has 2 N–H and O–H groups in total. The van der Waals surface area contributed by atoms with Crippen LogP contribution in [0, 0.1) is 0 Å². The molecule has 0 spiro atoms. The van der Waals surface area contributed by atoms with Gasteiger partial charge in [0, 0.05) is 33.1 Å². The molecule has 0 unspecified atom stereocenters. The van der Waals surface area contributed by atoms with Crippen molar-refractivity contribution >= 4 is 35.8 Å². The molecule has 0 aromatic heterocycles. The summed E-state index contributed by atoms with van der Waals surface area (Å²) in [5.74, 6) is 1.00. The first-order valence-corrected chi connectivity index (χ1v) is 5.50. The largest absolute Gasteiger partial charge is 0.356 e. The molecule has 16 heavy (non-hydrogen) atoms. The topological polar surface area (TPSA) is 56.7 Å². The number of rotatable bonds is 5. The highest BCUT2D eigenvalue weighted by Gasteiger charge is 2.11. The predicted octanol–water partition coefficient (Wildman–Crippen LogP) is 0.412. The summed E-state index contributed by atoms with van der Waals surface area (Å²) in [5, 5.41) is 5.99. The molecule has 1 rings (SSSR count). The molecule has 0 radical (unpaired) electrons. The van der Waals surface area contributed by atoms with Crippen molar-refractivity contribution in [2.75, 3.05) is 33.2 Å². The number of halogens is 1. The number of nitrogens with one attached hydrogen (secondary N) is 2. The number of carbonyl (C=O) groups is 1. The lowest BCUT2D eigenvalue weighted by Crippen LogP contribution is -2.37. The minimum absolute atomic E-state index is 0. The van der Waals surface area contributed by atoms with Gasteiger partial charge in [-0.15, -0.1) is 24.0 Å². The second kappa shape index (κ2) is 8.60. The number of hydrogen-bond acceptors (Lipinski definition) is 4. The Hall–Kier alpha value is -0.530. The summed E-state index contributed by atoms with van der Waals surface area (Å²) in [6, 6.07) is 0. The van der Waals surface area contributed by atoms with Crippen LogP contribution in [0.25, 0.3) is 0 Å². The molecular formula is C10H21IN4O. The quantitative estimate of drug-likeness (QED) is 0.713. The monoisotopic (exact) mass is 340 g/mol. The normalized spacial score (nSPS) is 14.1. The number of aliphatic imine (C=N–C) groups is 1. The second-order valence-corrected chi connectivity index (χ2v) is 3.65. The molecular weight excluding hydrogens is 319 g/mol. The van der Waals surface area contributed by atoms with Crippen LogP contribution < -0.4 is 10.6 Å². The lowest BCUT2D eigenvalue weighted by Gasteiger charge is -2.14. The van der Waals surface area contributed by atoms with E-state index in [-0.39, 0.29) is 29.9 Å². The SMILES string of the molecule is CCCNC(=O)CCNC1=NCCN1C.I. The van der Waals surface area contributed by atoms with Gasteiger partial charge in [0.15, 0.2) is 5.96 Å². The van der Waals surface area contributed by atoms with Gasteiger partial charge in [0.1, 0.15) is 0 Å². The third-order valence-electron chi connectivity index (χ3n) is 2.27. The summed E-state index contributed by atoms with van der Waals surface area (Å²) in [6.45, 7) is 5.27. The maximum atomic E-state index is 11.3. The van der Waals surface area contributed by atoms with Gasteiger partial charge in [-0.25, -0.2) is 0 Å². The Bertz CT molecular complexity index is 245. The Morgan fingerprint density at radius 2 is 2.25 bits per heavy atom. The smallest absolute Gasteiger partial charge is 0.221 e. The lowest BCUT2D eigenvalue weighted by atomic mass is 10.4. The highest BCUT2D eigenvalue weighted by molar-refractivity contribution is 14.0. The summed E-state index contributed by atoms with van der Waals surface area (Å²) in [6.07, 6.45) is 1.49. The zero-order chi connectivity index (χ0) is 11.1. The average molecular weight is 340 g/mol. The highest BCUT2D eigenvalue weighted by Crippen LogP contribution is 1.94. The molecule has 0 saturated heterocycles. The van der Waals surface area contributed by atoms with Crippen LogP contribution in [0.4, 0.5) is 0 Å². The van der Waals surface area contributed by atoms with Gasteiger partial charge in [-0.3, -0.25) is 9.79 Å².